The summed E-state index contributed by atoms with van der Waals surface area (Å²) in [6.07, 6.45) is -4.90. The summed E-state index contributed by atoms with van der Waals surface area (Å²) in [6, 6.07) is 1.54. The Kier molecular flexibility index (Phi) is 3.78. The van der Waals surface area contributed by atoms with Gasteiger partial charge in [-0.15, -0.1) is 0 Å². The number of ether oxygens (including phenoxy) is 1. The van der Waals surface area contributed by atoms with Crippen molar-refractivity contribution in [1.82, 2.24) is 19.8 Å². The van der Waals surface area contributed by atoms with Crippen LogP contribution in [0.2, 0.25) is 0 Å². The minimum absolute atomic E-state index is 0.0531. The zero-order valence-electron chi connectivity index (χ0n) is 14.6. The van der Waals surface area contributed by atoms with E-state index in [-0.39, 0.29) is 36.0 Å². The minimum atomic E-state index is -4.90. The summed E-state index contributed by atoms with van der Waals surface area (Å²) in [6.45, 7) is 3.45. The van der Waals surface area contributed by atoms with Crippen LogP contribution >= 0.6 is 0 Å². The van der Waals surface area contributed by atoms with Gasteiger partial charge in [0.1, 0.15) is 12.3 Å². The summed E-state index contributed by atoms with van der Waals surface area (Å²) in [7, 11) is 0. The first-order valence-corrected chi connectivity index (χ1v) is 8.37. The number of nitrogens with zero attached hydrogens (tertiary/aromatic N) is 4. The fraction of sp³-hybridized carbons (Fsp3) is 0.562. The highest BCUT2D eigenvalue weighted by atomic mass is 19.4. The lowest BCUT2D eigenvalue weighted by atomic mass is 9.87. The highest BCUT2D eigenvalue weighted by Crippen LogP contribution is 2.43. The molecule has 4 rings (SSSR count). The maximum atomic E-state index is 13.2. The van der Waals surface area contributed by atoms with Crippen LogP contribution < -0.4 is 4.74 Å². The van der Waals surface area contributed by atoms with E-state index in [2.05, 4.69) is 10.3 Å². The maximum absolute atomic E-state index is 13.2. The fourth-order valence-corrected chi connectivity index (χ4v) is 3.43. The van der Waals surface area contributed by atoms with Crippen LogP contribution in [0, 0.1) is 0 Å². The van der Waals surface area contributed by atoms with Gasteiger partial charge >= 0.3 is 6.18 Å². The van der Waals surface area contributed by atoms with Crippen molar-refractivity contribution in [2.75, 3.05) is 13.2 Å². The van der Waals surface area contributed by atoms with E-state index < -0.39 is 23.4 Å². The van der Waals surface area contributed by atoms with Gasteiger partial charge in [0, 0.05) is 24.1 Å². The van der Waals surface area contributed by atoms with Gasteiger partial charge in [-0.1, -0.05) is 12.1 Å². The summed E-state index contributed by atoms with van der Waals surface area (Å²) < 4.78 is 51.5. The molecule has 1 N–H and O–H groups in total. The van der Waals surface area contributed by atoms with Gasteiger partial charge < -0.3 is 19.3 Å². The van der Waals surface area contributed by atoms with Gasteiger partial charge in [0.2, 0.25) is 11.5 Å². The molecule has 0 aliphatic carbocycles. The van der Waals surface area contributed by atoms with Crippen molar-refractivity contribution in [2.45, 2.75) is 44.6 Å². The molecular weight excluding hydrogens is 369 g/mol. The first-order chi connectivity index (χ1) is 12.6. The number of fused-ring (bicyclic) bond motifs is 2. The SMILES string of the molecule is C[C@H]1CN(C(=O)c2cc3n(n2)CCO3)Cc2onc(C(C)(O)C(F)(F)F)c21. The standard InChI is InChI=1S/C16H17F3N4O4/c1-8-6-22(14(24)9-5-11-23(20-9)3-4-26-11)7-10-12(8)13(21-27-10)15(2,25)16(17,18)19/h5,8,25H,3-4,6-7H2,1-2H3/t8-,15?/m0/s1. The molecule has 0 radical (unpaired) electrons. The highest BCUT2D eigenvalue weighted by Gasteiger charge is 2.55. The van der Waals surface area contributed by atoms with Crippen LogP contribution in [0.15, 0.2) is 10.6 Å². The van der Waals surface area contributed by atoms with Crippen molar-refractivity contribution in [3.63, 3.8) is 0 Å². The second-order valence-corrected chi connectivity index (χ2v) is 6.96. The summed E-state index contributed by atoms with van der Waals surface area (Å²) in [5.41, 5.74) is -3.30. The Morgan fingerprint density at radius 3 is 2.81 bits per heavy atom. The van der Waals surface area contributed by atoms with Gasteiger partial charge in [0.25, 0.3) is 5.91 Å². The topological polar surface area (TPSA) is 93.6 Å². The molecule has 2 aliphatic heterocycles. The predicted octanol–water partition coefficient (Wildman–Crippen LogP) is 1.79. The van der Waals surface area contributed by atoms with Crippen molar-refractivity contribution in [3.05, 3.63) is 28.8 Å². The number of carbonyl (C=O) groups excluding carboxylic acids is 1. The lowest BCUT2D eigenvalue weighted by Gasteiger charge is -2.32. The van der Waals surface area contributed by atoms with Crippen molar-refractivity contribution in [2.24, 2.45) is 0 Å². The van der Waals surface area contributed by atoms with E-state index in [0.29, 0.717) is 26.0 Å². The number of amides is 1. The van der Waals surface area contributed by atoms with Crippen molar-refractivity contribution in [1.29, 1.82) is 0 Å². The number of rotatable bonds is 2. The number of aromatic nitrogens is 3. The van der Waals surface area contributed by atoms with E-state index in [4.69, 9.17) is 9.26 Å². The maximum Gasteiger partial charge on any atom is 0.422 e. The van der Waals surface area contributed by atoms with Crippen LogP contribution in [0.25, 0.3) is 0 Å². The number of carbonyl (C=O) groups is 1. The van der Waals surface area contributed by atoms with Crippen LogP contribution in [-0.2, 0) is 18.7 Å². The average Bonchev–Trinajstić information content (AvgIpc) is 3.26. The molecule has 2 aromatic heterocycles. The molecule has 8 nitrogen and oxygen atoms in total. The molecule has 27 heavy (non-hydrogen) atoms. The Morgan fingerprint density at radius 2 is 2.15 bits per heavy atom. The monoisotopic (exact) mass is 386 g/mol. The van der Waals surface area contributed by atoms with Gasteiger partial charge in [-0.25, -0.2) is 4.68 Å². The van der Waals surface area contributed by atoms with E-state index >= 15 is 0 Å². The Morgan fingerprint density at radius 1 is 1.41 bits per heavy atom. The molecular formula is C16H17F3N4O4. The van der Waals surface area contributed by atoms with Gasteiger partial charge in [-0.2, -0.15) is 18.3 Å². The van der Waals surface area contributed by atoms with E-state index in [1.165, 1.54) is 11.0 Å². The first kappa shape index (κ1) is 17.8. The molecule has 1 amide bonds. The largest absolute Gasteiger partial charge is 0.476 e. The molecule has 0 bridgehead atoms. The fourth-order valence-electron chi connectivity index (χ4n) is 3.43. The van der Waals surface area contributed by atoms with Gasteiger partial charge in [-0.05, 0) is 6.92 Å². The molecule has 0 aromatic carbocycles. The number of aliphatic hydroxyl groups is 1. The Hall–Kier alpha value is -2.56. The summed E-state index contributed by atoms with van der Waals surface area (Å²) in [4.78, 5) is 14.2. The third-order valence-electron chi connectivity index (χ3n) is 4.94. The Bertz CT molecular complexity index is 881. The van der Waals surface area contributed by atoms with Crippen LogP contribution in [0.4, 0.5) is 13.2 Å². The number of halogens is 3. The van der Waals surface area contributed by atoms with E-state index in [1.807, 2.05) is 0 Å². The molecule has 146 valence electrons. The second kappa shape index (κ2) is 5.72. The van der Waals surface area contributed by atoms with Gasteiger partial charge in [0.15, 0.2) is 11.5 Å². The lowest BCUT2D eigenvalue weighted by Crippen LogP contribution is -2.42. The van der Waals surface area contributed by atoms with Crippen LogP contribution in [-0.4, -0.2) is 50.2 Å². The molecule has 11 heteroatoms. The van der Waals surface area contributed by atoms with E-state index in [0.717, 1.165) is 0 Å². The molecule has 1 unspecified atom stereocenters. The lowest BCUT2D eigenvalue weighted by molar-refractivity contribution is -0.261. The molecule has 2 aromatic rings. The normalized spacial score (nSPS) is 21.4. The van der Waals surface area contributed by atoms with E-state index in [9.17, 15) is 23.1 Å². The molecule has 2 atom stereocenters. The molecule has 0 saturated heterocycles. The number of alkyl halides is 3. The zero-order valence-corrected chi connectivity index (χ0v) is 14.6. The smallest absolute Gasteiger partial charge is 0.422 e. The molecule has 0 saturated carbocycles. The second-order valence-electron chi connectivity index (χ2n) is 6.96. The average molecular weight is 386 g/mol. The molecule has 0 spiro atoms. The van der Waals surface area contributed by atoms with E-state index in [1.54, 1.807) is 11.6 Å². The van der Waals surface area contributed by atoms with Gasteiger partial charge in [0.05, 0.1) is 13.1 Å². The Balaban J connectivity index is 1.61. The zero-order chi connectivity index (χ0) is 19.6. The van der Waals surface area contributed by atoms with Crippen molar-refractivity contribution >= 4 is 5.91 Å². The quantitative estimate of drug-likeness (QED) is 0.846. The predicted molar refractivity (Wildman–Crippen MR) is 83.0 cm³/mol. The summed E-state index contributed by atoms with van der Waals surface area (Å²) in [5.74, 6) is -0.242. The van der Waals surface area contributed by atoms with Crippen LogP contribution in [0.1, 0.15) is 47.3 Å². The van der Waals surface area contributed by atoms with Gasteiger partial charge in [-0.3, -0.25) is 4.79 Å². The highest BCUT2D eigenvalue weighted by molar-refractivity contribution is 5.92. The van der Waals surface area contributed by atoms with Crippen molar-refractivity contribution in [3.8, 4) is 5.88 Å². The molecule has 0 fully saturated rings. The van der Waals surface area contributed by atoms with Crippen molar-refractivity contribution < 1.29 is 32.3 Å². The third kappa shape index (κ3) is 2.68. The summed E-state index contributed by atoms with van der Waals surface area (Å²) >= 11 is 0. The summed E-state index contributed by atoms with van der Waals surface area (Å²) in [5, 5.41) is 17.6. The van der Waals surface area contributed by atoms with Crippen LogP contribution in [0.5, 0.6) is 5.88 Å². The first-order valence-electron chi connectivity index (χ1n) is 8.37. The minimum Gasteiger partial charge on any atom is -0.476 e. The molecule has 2 aliphatic rings. The number of hydrogen-bond donors (Lipinski definition) is 1. The number of hydrogen-bond acceptors (Lipinski definition) is 6. The molecule has 4 heterocycles. The van der Waals surface area contributed by atoms with Crippen LogP contribution in [0.3, 0.4) is 0 Å². The third-order valence-corrected chi connectivity index (χ3v) is 4.94. The Labute approximate surface area is 151 Å².